The maximum absolute atomic E-state index is 12.5. The third-order valence-electron chi connectivity index (χ3n) is 4.61. The van der Waals surface area contributed by atoms with Gasteiger partial charge in [0.25, 0.3) is 0 Å². The van der Waals surface area contributed by atoms with Crippen LogP contribution in [0, 0.1) is 0 Å². The number of carbonyl (C=O) groups is 3. The monoisotopic (exact) mass is 334 g/mol. The van der Waals surface area contributed by atoms with Crippen molar-refractivity contribution >= 4 is 17.8 Å². The molecule has 2 saturated heterocycles. The van der Waals surface area contributed by atoms with E-state index in [9.17, 15) is 14.4 Å². The van der Waals surface area contributed by atoms with Crippen LogP contribution in [0.5, 0.6) is 0 Å². The van der Waals surface area contributed by atoms with E-state index in [4.69, 9.17) is 0 Å². The van der Waals surface area contributed by atoms with E-state index < -0.39 is 12.2 Å². The number of imidazole rings is 1. The SMILES string of the molecule is C[C@H]1C(=O)N(C)C[C@H]2N(C(=O)NCCc3cnc[nH]3)CCC(=O)N12. The molecular formula is C15H22N6O3. The predicted octanol–water partition coefficient (Wildman–Crippen LogP) is -0.617. The highest BCUT2D eigenvalue weighted by molar-refractivity contribution is 5.90. The summed E-state index contributed by atoms with van der Waals surface area (Å²) in [7, 11) is 1.70. The average molecular weight is 334 g/mol. The van der Waals surface area contributed by atoms with Crippen LogP contribution >= 0.6 is 0 Å². The van der Waals surface area contributed by atoms with Crippen molar-refractivity contribution in [3.8, 4) is 0 Å². The van der Waals surface area contributed by atoms with Gasteiger partial charge in [0.05, 0.1) is 12.9 Å². The van der Waals surface area contributed by atoms with Gasteiger partial charge in [-0.2, -0.15) is 0 Å². The number of rotatable bonds is 3. The van der Waals surface area contributed by atoms with Crippen LogP contribution in [0.25, 0.3) is 0 Å². The summed E-state index contributed by atoms with van der Waals surface area (Å²) >= 11 is 0. The summed E-state index contributed by atoms with van der Waals surface area (Å²) in [6, 6.07) is -0.756. The lowest BCUT2D eigenvalue weighted by atomic mass is 10.1. The molecule has 0 unspecified atom stereocenters. The van der Waals surface area contributed by atoms with Crippen molar-refractivity contribution < 1.29 is 14.4 Å². The molecule has 9 heteroatoms. The predicted molar refractivity (Wildman–Crippen MR) is 84.7 cm³/mol. The second kappa shape index (κ2) is 6.50. The van der Waals surface area contributed by atoms with Crippen LogP contribution in [0.1, 0.15) is 19.0 Å². The molecular weight excluding hydrogens is 312 g/mol. The van der Waals surface area contributed by atoms with Gasteiger partial charge in [-0.3, -0.25) is 9.59 Å². The molecule has 3 rings (SSSR count). The second-order valence-electron chi connectivity index (χ2n) is 6.18. The molecule has 2 atom stereocenters. The molecule has 9 nitrogen and oxygen atoms in total. The molecule has 2 aliphatic rings. The number of hydrogen-bond acceptors (Lipinski definition) is 4. The Morgan fingerprint density at radius 3 is 2.96 bits per heavy atom. The van der Waals surface area contributed by atoms with E-state index in [0.717, 1.165) is 5.69 Å². The summed E-state index contributed by atoms with van der Waals surface area (Å²) in [5.74, 6) is -0.170. The van der Waals surface area contributed by atoms with Crippen LogP contribution in [-0.2, 0) is 16.0 Å². The van der Waals surface area contributed by atoms with Crippen LogP contribution in [-0.4, -0.2) is 81.4 Å². The van der Waals surface area contributed by atoms with Crippen LogP contribution in [0.4, 0.5) is 4.79 Å². The fourth-order valence-electron chi connectivity index (χ4n) is 3.31. The Morgan fingerprint density at radius 2 is 2.25 bits per heavy atom. The minimum absolute atomic E-state index is 0.0736. The molecule has 2 aliphatic heterocycles. The Kier molecular flexibility index (Phi) is 4.41. The lowest BCUT2D eigenvalue weighted by Crippen LogP contribution is -2.70. The number of hydrogen-bond donors (Lipinski definition) is 2. The van der Waals surface area contributed by atoms with E-state index >= 15 is 0 Å². The van der Waals surface area contributed by atoms with Gasteiger partial charge in [-0.05, 0) is 6.92 Å². The Labute approximate surface area is 140 Å². The molecule has 1 aromatic heterocycles. The third-order valence-corrected chi connectivity index (χ3v) is 4.61. The van der Waals surface area contributed by atoms with Gasteiger partial charge in [0.15, 0.2) is 0 Å². The number of carbonyl (C=O) groups excluding carboxylic acids is 3. The lowest BCUT2D eigenvalue weighted by Gasteiger charge is -2.50. The van der Waals surface area contributed by atoms with Gasteiger partial charge in [-0.1, -0.05) is 0 Å². The number of amides is 4. The summed E-state index contributed by atoms with van der Waals surface area (Å²) in [6.45, 7) is 2.89. The molecule has 4 amide bonds. The molecule has 0 aliphatic carbocycles. The lowest BCUT2D eigenvalue weighted by molar-refractivity contribution is -0.164. The largest absolute Gasteiger partial charge is 0.348 e. The number of aromatic amines is 1. The Morgan fingerprint density at radius 1 is 1.46 bits per heavy atom. The summed E-state index contributed by atoms with van der Waals surface area (Å²) in [4.78, 5) is 48.5. The van der Waals surface area contributed by atoms with Crippen molar-refractivity contribution in [2.75, 3.05) is 26.7 Å². The number of nitrogens with one attached hydrogen (secondary N) is 2. The number of aromatic nitrogens is 2. The summed E-state index contributed by atoms with van der Waals surface area (Å²) in [6.07, 6.45) is 3.81. The molecule has 0 saturated carbocycles. The second-order valence-corrected chi connectivity index (χ2v) is 6.18. The van der Waals surface area contributed by atoms with E-state index in [1.165, 1.54) is 0 Å². The van der Waals surface area contributed by atoms with Gasteiger partial charge >= 0.3 is 6.03 Å². The molecule has 2 fully saturated rings. The maximum atomic E-state index is 12.5. The molecule has 130 valence electrons. The first-order chi connectivity index (χ1) is 11.5. The van der Waals surface area contributed by atoms with Gasteiger partial charge in [-0.25, -0.2) is 9.78 Å². The Bertz CT molecular complexity index is 631. The number of H-pyrrole nitrogens is 1. The molecule has 24 heavy (non-hydrogen) atoms. The zero-order valence-electron chi connectivity index (χ0n) is 13.9. The minimum atomic E-state index is -0.540. The smallest absolute Gasteiger partial charge is 0.319 e. The Hall–Kier alpha value is -2.58. The van der Waals surface area contributed by atoms with E-state index in [1.807, 2.05) is 0 Å². The fourth-order valence-corrected chi connectivity index (χ4v) is 3.31. The van der Waals surface area contributed by atoms with Gasteiger partial charge in [0, 0.05) is 44.9 Å². The summed E-state index contributed by atoms with van der Waals surface area (Å²) in [5.41, 5.74) is 0.947. The highest BCUT2D eigenvalue weighted by atomic mass is 16.2. The topological polar surface area (TPSA) is 102 Å². The number of piperazine rings is 1. The normalized spacial score (nSPS) is 24.2. The first-order valence-electron chi connectivity index (χ1n) is 8.07. The van der Waals surface area contributed by atoms with Crippen LogP contribution < -0.4 is 5.32 Å². The molecule has 1 aromatic rings. The first-order valence-corrected chi connectivity index (χ1v) is 8.07. The number of urea groups is 1. The zero-order valence-corrected chi connectivity index (χ0v) is 13.9. The number of likely N-dealkylation sites (N-methyl/N-ethyl adjacent to an activating group) is 1. The Balaban J connectivity index is 1.65. The molecule has 0 spiro atoms. The summed E-state index contributed by atoms with van der Waals surface area (Å²) < 4.78 is 0. The van der Waals surface area contributed by atoms with Gasteiger partial charge < -0.3 is 25.0 Å². The minimum Gasteiger partial charge on any atom is -0.348 e. The van der Waals surface area contributed by atoms with E-state index in [2.05, 4.69) is 15.3 Å². The molecule has 0 radical (unpaired) electrons. The van der Waals surface area contributed by atoms with Crippen molar-refractivity contribution in [2.45, 2.75) is 32.0 Å². The van der Waals surface area contributed by atoms with Crippen molar-refractivity contribution in [3.05, 3.63) is 18.2 Å². The van der Waals surface area contributed by atoms with Crippen molar-refractivity contribution in [3.63, 3.8) is 0 Å². The average Bonchev–Trinajstić information content (AvgIpc) is 3.06. The standard InChI is InChI=1S/C15H22N6O3/c1-10-14(23)19(2)8-12-20(6-4-13(22)21(10)12)15(24)17-5-3-11-7-16-9-18-11/h7,9-10,12H,3-6,8H2,1-2H3,(H,16,18)(H,17,24)/t10-,12-/m0/s1. The number of fused-ring (bicyclic) bond motifs is 1. The van der Waals surface area contributed by atoms with Gasteiger partial charge in [0.2, 0.25) is 11.8 Å². The quantitative estimate of drug-likeness (QED) is 0.769. The van der Waals surface area contributed by atoms with E-state index in [0.29, 0.717) is 26.1 Å². The molecule has 3 heterocycles. The van der Waals surface area contributed by atoms with E-state index in [-0.39, 0.29) is 24.3 Å². The van der Waals surface area contributed by atoms with Crippen molar-refractivity contribution in [2.24, 2.45) is 0 Å². The van der Waals surface area contributed by atoms with Crippen molar-refractivity contribution in [1.29, 1.82) is 0 Å². The van der Waals surface area contributed by atoms with Crippen LogP contribution in [0.2, 0.25) is 0 Å². The van der Waals surface area contributed by atoms with E-state index in [1.54, 1.807) is 41.2 Å². The number of nitrogens with zero attached hydrogens (tertiary/aromatic N) is 4. The zero-order chi connectivity index (χ0) is 17.3. The first kappa shape index (κ1) is 16.3. The third kappa shape index (κ3) is 2.93. The van der Waals surface area contributed by atoms with Crippen LogP contribution in [0.15, 0.2) is 12.5 Å². The highest BCUT2D eigenvalue weighted by Gasteiger charge is 2.45. The van der Waals surface area contributed by atoms with Gasteiger partial charge in [-0.15, -0.1) is 0 Å². The maximum Gasteiger partial charge on any atom is 0.319 e. The van der Waals surface area contributed by atoms with Crippen molar-refractivity contribution in [1.82, 2.24) is 30.0 Å². The fraction of sp³-hybridized carbons (Fsp3) is 0.600. The highest BCUT2D eigenvalue weighted by Crippen LogP contribution is 2.24. The molecule has 2 N–H and O–H groups in total. The summed E-state index contributed by atoms with van der Waals surface area (Å²) in [5, 5.41) is 2.88. The molecule has 0 aromatic carbocycles. The molecule has 0 bridgehead atoms. The van der Waals surface area contributed by atoms with Crippen LogP contribution in [0.3, 0.4) is 0 Å². The van der Waals surface area contributed by atoms with Gasteiger partial charge in [0.1, 0.15) is 12.2 Å².